The average Bonchev–Trinajstić information content (AvgIpc) is 3.02. The van der Waals surface area contributed by atoms with Crippen molar-refractivity contribution in [2.24, 2.45) is 0 Å². The number of nitrogens with zero attached hydrogens (tertiary/aromatic N) is 2. The van der Waals surface area contributed by atoms with Crippen molar-refractivity contribution < 1.29 is 4.79 Å². The van der Waals surface area contributed by atoms with Crippen molar-refractivity contribution in [3.63, 3.8) is 0 Å². The summed E-state index contributed by atoms with van der Waals surface area (Å²) in [6.07, 6.45) is 4.62. The third kappa shape index (κ3) is 3.19. The van der Waals surface area contributed by atoms with Crippen LogP contribution in [0.4, 0.5) is 5.69 Å². The summed E-state index contributed by atoms with van der Waals surface area (Å²) in [6, 6.07) is 1.90. The number of aromatic nitrogens is 2. The molecular weight excluding hydrogens is 272 g/mol. The molecule has 2 heterocycles. The molecule has 0 unspecified atom stereocenters. The van der Waals surface area contributed by atoms with Gasteiger partial charge >= 0.3 is 0 Å². The number of nitrogens with one attached hydrogen (secondary N) is 1. The van der Waals surface area contributed by atoms with Gasteiger partial charge in [0.05, 0.1) is 12.2 Å². The summed E-state index contributed by atoms with van der Waals surface area (Å²) in [6.45, 7) is 6.58. The molecule has 0 aliphatic rings. The SMILES string of the molecule is CCc1cnc(CNC(=O)c2cc(N)cn2C(C)C)s1. The Labute approximate surface area is 122 Å². The number of hydrogen-bond acceptors (Lipinski definition) is 4. The van der Waals surface area contributed by atoms with Gasteiger partial charge in [-0.2, -0.15) is 0 Å². The molecule has 20 heavy (non-hydrogen) atoms. The van der Waals surface area contributed by atoms with Crippen LogP contribution >= 0.6 is 11.3 Å². The predicted octanol–water partition coefficient (Wildman–Crippen LogP) is 2.60. The lowest BCUT2D eigenvalue weighted by Gasteiger charge is -2.12. The number of hydrogen-bond donors (Lipinski definition) is 2. The predicted molar refractivity (Wildman–Crippen MR) is 81.9 cm³/mol. The van der Waals surface area contributed by atoms with Gasteiger partial charge < -0.3 is 15.6 Å². The number of amides is 1. The largest absolute Gasteiger partial charge is 0.397 e. The molecule has 6 heteroatoms. The first-order chi connectivity index (χ1) is 9.51. The van der Waals surface area contributed by atoms with Crippen LogP contribution in [0, 0.1) is 0 Å². The summed E-state index contributed by atoms with van der Waals surface area (Å²) >= 11 is 1.63. The normalized spacial score (nSPS) is 11.0. The molecule has 0 aliphatic carbocycles. The zero-order valence-electron chi connectivity index (χ0n) is 12.0. The minimum Gasteiger partial charge on any atom is -0.397 e. The highest BCUT2D eigenvalue weighted by atomic mass is 32.1. The van der Waals surface area contributed by atoms with Gasteiger partial charge in [0.1, 0.15) is 10.7 Å². The smallest absolute Gasteiger partial charge is 0.268 e. The summed E-state index contributed by atoms with van der Waals surface area (Å²) in [5.41, 5.74) is 6.96. The Kier molecular flexibility index (Phi) is 4.44. The van der Waals surface area contributed by atoms with E-state index >= 15 is 0 Å². The van der Waals surface area contributed by atoms with Crippen molar-refractivity contribution in [2.75, 3.05) is 5.73 Å². The number of aryl methyl sites for hydroxylation is 1. The maximum absolute atomic E-state index is 12.2. The Balaban J connectivity index is 2.05. The van der Waals surface area contributed by atoms with Gasteiger partial charge in [-0.15, -0.1) is 11.3 Å². The van der Waals surface area contributed by atoms with E-state index in [0.717, 1.165) is 11.4 Å². The van der Waals surface area contributed by atoms with Crippen LogP contribution in [0.25, 0.3) is 0 Å². The van der Waals surface area contributed by atoms with Crippen LogP contribution in [0.5, 0.6) is 0 Å². The molecule has 108 valence electrons. The lowest BCUT2D eigenvalue weighted by atomic mass is 10.3. The van der Waals surface area contributed by atoms with Gasteiger partial charge in [0, 0.05) is 23.3 Å². The quantitative estimate of drug-likeness (QED) is 0.889. The molecule has 5 nitrogen and oxygen atoms in total. The van der Waals surface area contributed by atoms with Crippen LogP contribution in [0.2, 0.25) is 0 Å². The second-order valence-electron chi connectivity index (χ2n) is 4.92. The van der Waals surface area contributed by atoms with E-state index in [0.29, 0.717) is 17.9 Å². The van der Waals surface area contributed by atoms with Crippen LogP contribution in [-0.4, -0.2) is 15.5 Å². The fourth-order valence-electron chi connectivity index (χ4n) is 1.95. The van der Waals surface area contributed by atoms with Gasteiger partial charge in [0.15, 0.2) is 0 Å². The van der Waals surface area contributed by atoms with Crippen molar-refractivity contribution in [1.29, 1.82) is 0 Å². The van der Waals surface area contributed by atoms with Gasteiger partial charge in [-0.05, 0) is 26.3 Å². The summed E-state index contributed by atoms with van der Waals surface area (Å²) in [7, 11) is 0. The monoisotopic (exact) mass is 292 g/mol. The molecule has 0 bridgehead atoms. The minimum absolute atomic E-state index is 0.122. The fraction of sp³-hybridized carbons (Fsp3) is 0.429. The highest BCUT2D eigenvalue weighted by Crippen LogP contribution is 2.17. The lowest BCUT2D eigenvalue weighted by molar-refractivity contribution is 0.0940. The first kappa shape index (κ1) is 14.6. The van der Waals surface area contributed by atoms with Crippen molar-refractivity contribution in [3.05, 3.63) is 34.0 Å². The van der Waals surface area contributed by atoms with Crippen molar-refractivity contribution in [3.8, 4) is 0 Å². The minimum atomic E-state index is -0.122. The summed E-state index contributed by atoms with van der Waals surface area (Å²) < 4.78 is 1.88. The Hall–Kier alpha value is -1.82. The zero-order valence-corrected chi connectivity index (χ0v) is 12.8. The van der Waals surface area contributed by atoms with E-state index in [1.165, 1.54) is 4.88 Å². The highest BCUT2D eigenvalue weighted by Gasteiger charge is 2.15. The molecular formula is C14H20N4OS. The second-order valence-corrected chi connectivity index (χ2v) is 6.12. The van der Waals surface area contributed by atoms with Gasteiger partial charge in [-0.1, -0.05) is 6.92 Å². The molecule has 2 aromatic heterocycles. The Bertz CT molecular complexity index is 600. The number of nitrogen functional groups attached to an aromatic ring is 1. The van der Waals surface area contributed by atoms with Gasteiger partial charge in [-0.25, -0.2) is 4.98 Å². The van der Waals surface area contributed by atoms with Crippen LogP contribution in [-0.2, 0) is 13.0 Å². The van der Waals surface area contributed by atoms with Gasteiger partial charge in [-0.3, -0.25) is 4.79 Å². The van der Waals surface area contributed by atoms with E-state index in [1.807, 2.05) is 24.6 Å². The molecule has 1 amide bonds. The van der Waals surface area contributed by atoms with Gasteiger partial charge in [0.2, 0.25) is 0 Å². The first-order valence-electron chi connectivity index (χ1n) is 6.70. The number of rotatable bonds is 5. The molecule has 0 aliphatic heterocycles. The number of anilines is 1. The van der Waals surface area contributed by atoms with Crippen molar-refractivity contribution in [2.45, 2.75) is 39.8 Å². The molecule has 2 aromatic rings. The summed E-state index contributed by atoms with van der Waals surface area (Å²) in [5.74, 6) is -0.122. The third-order valence-electron chi connectivity index (χ3n) is 3.01. The van der Waals surface area contributed by atoms with E-state index in [9.17, 15) is 4.79 Å². The Morgan fingerprint density at radius 2 is 2.30 bits per heavy atom. The van der Waals surface area contributed by atoms with E-state index in [4.69, 9.17) is 5.73 Å². The van der Waals surface area contributed by atoms with E-state index < -0.39 is 0 Å². The number of nitrogens with two attached hydrogens (primary N) is 1. The number of carbonyl (C=O) groups excluding carboxylic acids is 1. The van der Waals surface area contributed by atoms with Crippen LogP contribution in [0.1, 0.15) is 47.2 Å². The molecule has 0 fully saturated rings. The summed E-state index contributed by atoms with van der Waals surface area (Å²) in [5, 5.41) is 3.82. The van der Waals surface area contributed by atoms with E-state index in [-0.39, 0.29) is 11.9 Å². The molecule has 0 atom stereocenters. The zero-order chi connectivity index (χ0) is 14.7. The number of thiazole rings is 1. The van der Waals surface area contributed by atoms with Crippen molar-refractivity contribution in [1.82, 2.24) is 14.9 Å². The Morgan fingerprint density at radius 3 is 2.90 bits per heavy atom. The first-order valence-corrected chi connectivity index (χ1v) is 7.52. The van der Waals surface area contributed by atoms with Crippen molar-refractivity contribution >= 4 is 22.9 Å². The molecule has 0 radical (unpaired) electrons. The topological polar surface area (TPSA) is 72.9 Å². The van der Waals surface area contributed by atoms with Crippen LogP contribution in [0.15, 0.2) is 18.5 Å². The lowest BCUT2D eigenvalue weighted by Crippen LogP contribution is -2.25. The molecule has 0 saturated heterocycles. The maximum Gasteiger partial charge on any atom is 0.268 e. The summed E-state index contributed by atoms with van der Waals surface area (Å²) in [4.78, 5) is 17.7. The van der Waals surface area contributed by atoms with Crippen LogP contribution in [0.3, 0.4) is 0 Å². The standard InChI is InChI=1S/C14H20N4OS/c1-4-11-6-16-13(20-11)7-17-14(19)12-5-10(15)8-18(12)9(2)3/h5-6,8-9H,4,7,15H2,1-3H3,(H,17,19). The fourth-order valence-corrected chi connectivity index (χ4v) is 2.75. The van der Waals surface area contributed by atoms with Crippen LogP contribution < -0.4 is 11.1 Å². The van der Waals surface area contributed by atoms with E-state index in [2.05, 4.69) is 17.2 Å². The molecule has 2 rings (SSSR count). The molecule has 3 N–H and O–H groups in total. The molecule has 0 aromatic carbocycles. The molecule has 0 spiro atoms. The Morgan fingerprint density at radius 1 is 1.55 bits per heavy atom. The third-order valence-corrected chi connectivity index (χ3v) is 4.15. The van der Waals surface area contributed by atoms with Gasteiger partial charge in [0.25, 0.3) is 5.91 Å². The molecule has 0 saturated carbocycles. The maximum atomic E-state index is 12.2. The highest BCUT2D eigenvalue weighted by molar-refractivity contribution is 7.11. The second kappa shape index (κ2) is 6.09. The van der Waals surface area contributed by atoms with E-state index in [1.54, 1.807) is 23.6 Å². The number of carbonyl (C=O) groups is 1. The average molecular weight is 292 g/mol.